The summed E-state index contributed by atoms with van der Waals surface area (Å²) in [6, 6.07) is 10.8. The second-order valence-electron chi connectivity index (χ2n) is 3.70. The fourth-order valence-corrected chi connectivity index (χ4v) is 1.85. The lowest BCUT2D eigenvalue weighted by Crippen LogP contribution is -2.16. The van der Waals surface area contributed by atoms with Crippen molar-refractivity contribution in [2.75, 3.05) is 5.73 Å². The van der Waals surface area contributed by atoms with Gasteiger partial charge in [-0.3, -0.25) is 0 Å². The number of hydrogen-bond acceptors (Lipinski definition) is 3. The Morgan fingerprint density at radius 3 is 2.82 bits per heavy atom. The van der Waals surface area contributed by atoms with Crippen LogP contribution < -0.4 is 11.4 Å². The van der Waals surface area contributed by atoms with Crippen LogP contribution in [0.15, 0.2) is 47.4 Å². The van der Waals surface area contributed by atoms with Crippen LogP contribution in [0, 0.1) is 0 Å². The molecule has 5 heteroatoms. The fourth-order valence-electron chi connectivity index (χ4n) is 1.85. The molecule has 1 aromatic carbocycles. The third kappa shape index (κ3) is 1.40. The molecule has 5 nitrogen and oxygen atoms in total. The molecule has 0 bridgehead atoms. The maximum atomic E-state index is 11.9. The molecule has 0 radical (unpaired) electrons. The molecule has 0 unspecified atom stereocenters. The standard InChI is InChI=1S/C12H10N4O/c13-8-4-1-2-6-10(8)16-11-9(15-12(16)17)5-3-7-14-11/h1-7H,13H2,(H,15,17). The Morgan fingerprint density at radius 2 is 2.00 bits per heavy atom. The summed E-state index contributed by atoms with van der Waals surface area (Å²) in [4.78, 5) is 18.8. The van der Waals surface area contributed by atoms with E-state index in [2.05, 4.69) is 9.97 Å². The highest BCUT2D eigenvalue weighted by Gasteiger charge is 2.10. The van der Waals surface area contributed by atoms with Gasteiger partial charge < -0.3 is 10.7 Å². The summed E-state index contributed by atoms with van der Waals surface area (Å²) in [6.07, 6.45) is 1.64. The van der Waals surface area contributed by atoms with Gasteiger partial charge in [-0.15, -0.1) is 0 Å². The maximum absolute atomic E-state index is 11.9. The lowest BCUT2D eigenvalue weighted by atomic mass is 10.2. The van der Waals surface area contributed by atoms with E-state index in [1.165, 1.54) is 4.57 Å². The molecule has 0 aliphatic carbocycles. The van der Waals surface area contributed by atoms with Crippen molar-refractivity contribution in [1.29, 1.82) is 0 Å². The summed E-state index contributed by atoms with van der Waals surface area (Å²) in [5.41, 5.74) is 8.09. The summed E-state index contributed by atoms with van der Waals surface area (Å²) >= 11 is 0. The average molecular weight is 226 g/mol. The van der Waals surface area contributed by atoms with Gasteiger partial charge in [0.1, 0.15) is 0 Å². The van der Waals surface area contributed by atoms with Crippen LogP contribution in [0.1, 0.15) is 0 Å². The predicted molar refractivity (Wildman–Crippen MR) is 66.1 cm³/mol. The number of nitrogen functional groups attached to an aromatic ring is 1. The Balaban J connectivity index is 2.42. The highest BCUT2D eigenvalue weighted by molar-refractivity contribution is 5.74. The highest BCUT2D eigenvalue weighted by atomic mass is 16.1. The van der Waals surface area contributed by atoms with Gasteiger partial charge >= 0.3 is 5.69 Å². The minimum Gasteiger partial charge on any atom is -0.397 e. The van der Waals surface area contributed by atoms with E-state index in [9.17, 15) is 4.79 Å². The minimum atomic E-state index is -0.239. The van der Waals surface area contributed by atoms with Crippen LogP contribution in [0.4, 0.5) is 5.69 Å². The number of hydrogen-bond donors (Lipinski definition) is 2. The maximum Gasteiger partial charge on any atom is 0.332 e. The van der Waals surface area contributed by atoms with Crippen molar-refractivity contribution in [2.45, 2.75) is 0 Å². The minimum absolute atomic E-state index is 0.239. The molecule has 3 N–H and O–H groups in total. The van der Waals surface area contributed by atoms with Crippen molar-refractivity contribution in [2.24, 2.45) is 0 Å². The van der Waals surface area contributed by atoms with Crippen LogP contribution in [0.2, 0.25) is 0 Å². The number of para-hydroxylation sites is 2. The Labute approximate surface area is 96.5 Å². The number of anilines is 1. The summed E-state index contributed by atoms with van der Waals surface area (Å²) in [7, 11) is 0. The van der Waals surface area contributed by atoms with E-state index >= 15 is 0 Å². The third-order valence-corrected chi connectivity index (χ3v) is 2.62. The average Bonchev–Trinajstić information content (AvgIpc) is 2.66. The van der Waals surface area contributed by atoms with Gasteiger partial charge in [-0.25, -0.2) is 14.3 Å². The largest absolute Gasteiger partial charge is 0.397 e. The van der Waals surface area contributed by atoms with Gasteiger partial charge in [-0.1, -0.05) is 12.1 Å². The molecule has 3 rings (SSSR count). The molecule has 2 aromatic heterocycles. The van der Waals surface area contributed by atoms with E-state index in [0.29, 0.717) is 22.5 Å². The van der Waals surface area contributed by atoms with Crippen LogP contribution >= 0.6 is 0 Å². The van der Waals surface area contributed by atoms with Gasteiger partial charge in [-0.2, -0.15) is 0 Å². The van der Waals surface area contributed by atoms with Crippen LogP contribution in [-0.2, 0) is 0 Å². The van der Waals surface area contributed by atoms with E-state index in [1.54, 1.807) is 30.5 Å². The Bertz CT molecular complexity index is 741. The fraction of sp³-hybridized carbons (Fsp3) is 0. The van der Waals surface area contributed by atoms with E-state index in [0.717, 1.165) is 0 Å². The van der Waals surface area contributed by atoms with Crippen LogP contribution in [0.5, 0.6) is 0 Å². The molecule has 84 valence electrons. The van der Waals surface area contributed by atoms with Gasteiger partial charge in [0.2, 0.25) is 0 Å². The number of rotatable bonds is 1. The van der Waals surface area contributed by atoms with Crippen molar-refractivity contribution in [1.82, 2.24) is 14.5 Å². The molecule has 0 atom stereocenters. The summed E-state index contributed by atoms with van der Waals surface area (Å²) in [5.74, 6) is 0. The quantitative estimate of drug-likeness (QED) is 0.614. The molecule has 0 fully saturated rings. The molecule has 0 aliphatic heterocycles. The molecular weight excluding hydrogens is 216 g/mol. The van der Waals surface area contributed by atoms with Gasteiger partial charge in [0, 0.05) is 6.20 Å². The highest BCUT2D eigenvalue weighted by Crippen LogP contribution is 2.18. The molecule has 0 saturated carbocycles. The van der Waals surface area contributed by atoms with Crippen molar-refractivity contribution in [3.63, 3.8) is 0 Å². The lowest BCUT2D eigenvalue weighted by Gasteiger charge is -2.05. The number of nitrogens with zero attached hydrogens (tertiary/aromatic N) is 2. The van der Waals surface area contributed by atoms with E-state index in [1.807, 2.05) is 12.1 Å². The van der Waals surface area contributed by atoms with Crippen LogP contribution in [0.25, 0.3) is 16.9 Å². The number of imidazole rings is 1. The molecule has 0 amide bonds. The smallest absolute Gasteiger partial charge is 0.332 e. The normalized spacial score (nSPS) is 10.8. The predicted octanol–water partition coefficient (Wildman–Crippen LogP) is 1.30. The molecule has 0 aliphatic rings. The van der Waals surface area contributed by atoms with E-state index in [-0.39, 0.29) is 5.69 Å². The molecule has 3 aromatic rings. The van der Waals surface area contributed by atoms with Crippen LogP contribution in [-0.4, -0.2) is 14.5 Å². The van der Waals surface area contributed by atoms with Gasteiger partial charge in [0.05, 0.1) is 16.9 Å². The van der Waals surface area contributed by atoms with Gasteiger partial charge in [0.25, 0.3) is 0 Å². The van der Waals surface area contributed by atoms with Crippen molar-refractivity contribution in [3.8, 4) is 5.69 Å². The first-order valence-electron chi connectivity index (χ1n) is 5.18. The van der Waals surface area contributed by atoms with Crippen molar-refractivity contribution < 1.29 is 0 Å². The SMILES string of the molecule is Nc1ccccc1-n1c(=O)[nH]c2cccnc21. The number of H-pyrrole nitrogens is 1. The van der Waals surface area contributed by atoms with E-state index in [4.69, 9.17) is 5.73 Å². The second-order valence-corrected chi connectivity index (χ2v) is 3.70. The van der Waals surface area contributed by atoms with Gasteiger partial charge in [-0.05, 0) is 24.3 Å². The second kappa shape index (κ2) is 3.48. The molecule has 17 heavy (non-hydrogen) atoms. The third-order valence-electron chi connectivity index (χ3n) is 2.62. The number of aromatic amines is 1. The summed E-state index contributed by atoms with van der Waals surface area (Å²) in [6.45, 7) is 0. The van der Waals surface area contributed by atoms with Gasteiger partial charge in [0.15, 0.2) is 5.65 Å². The molecule has 0 saturated heterocycles. The first-order valence-corrected chi connectivity index (χ1v) is 5.18. The Morgan fingerprint density at radius 1 is 1.18 bits per heavy atom. The lowest BCUT2D eigenvalue weighted by molar-refractivity contribution is 1.00. The first kappa shape index (κ1) is 9.65. The first-order chi connectivity index (χ1) is 8.27. The topological polar surface area (TPSA) is 76.7 Å². The molecule has 0 spiro atoms. The molecule has 2 heterocycles. The van der Waals surface area contributed by atoms with E-state index < -0.39 is 0 Å². The zero-order valence-corrected chi connectivity index (χ0v) is 8.92. The van der Waals surface area contributed by atoms with Crippen LogP contribution in [0.3, 0.4) is 0 Å². The Hall–Kier alpha value is -2.56. The molecular formula is C12H10N4O. The zero-order valence-electron chi connectivity index (χ0n) is 8.92. The number of nitrogens with one attached hydrogen (secondary N) is 1. The number of fused-ring (bicyclic) bond motifs is 1. The number of benzene rings is 1. The van der Waals surface area contributed by atoms with Crippen molar-refractivity contribution >= 4 is 16.9 Å². The number of nitrogens with two attached hydrogens (primary N) is 1. The number of aromatic nitrogens is 3. The van der Waals surface area contributed by atoms with Crippen molar-refractivity contribution in [3.05, 3.63) is 53.1 Å². The Kier molecular flexibility index (Phi) is 1.98. The summed E-state index contributed by atoms with van der Waals surface area (Å²) < 4.78 is 1.48. The monoisotopic (exact) mass is 226 g/mol. The number of pyridine rings is 1. The summed E-state index contributed by atoms with van der Waals surface area (Å²) in [5, 5.41) is 0. The zero-order chi connectivity index (χ0) is 11.8.